The molecule has 0 spiro atoms. The summed E-state index contributed by atoms with van der Waals surface area (Å²) in [6, 6.07) is 11.7. The van der Waals surface area contributed by atoms with E-state index in [1.807, 2.05) is 11.3 Å². The molecule has 0 amide bonds. The molecule has 5 aromatic rings. The Morgan fingerprint density at radius 2 is 1.85 bits per heavy atom. The van der Waals surface area contributed by atoms with Crippen molar-refractivity contribution < 1.29 is 4.57 Å². The predicted octanol–water partition coefficient (Wildman–Crippen LogP) is 6.03. The Morgan fingerprint density at radius 3 is 2.63 bits per heavy atom. The molecule has 0 aliphatic heterocycles. The van der Waals surface area contributed by atoms with Crippen molar-refractivity contribution in [2.45, 2.75) is 27.2 Å². The van der Waals surface area contributed by atoms with Gasteiger partial charge in [-0.2, -0.15) is 0 Å². The van der Waals surface area contributed by atoms with Gasteiger partial charge >= 0.3 is 0 Å². The lowest BCUT2D eigenvalue weighted by Gasteiger charge is -2.16. The number of aromatic nitrogens is 2. The topological polar surface area (TPSA) is 8.81 Å². The average molecular weight is 374 g/mol. The number of hydrogen-bond donors (Lipinski definition) is 0. The minimum absolute atomic E-state index is 0.667. The monoisotopic (exact) mass is 373 g/mol. The predicted molar refractivity (Wildman–Crippen MR) is 118 cm³/mol. The summed E-state index contributed by atoms with van der Waals surface area (Å²) in [5, 5.41) is 5.52. The van der Waals surface area contributed by atoms with Gasteiger partial charge in [-0.05, 0) is 47.9 Å². The van der Waals surface area contributed by atoms with E-state index in [0.717, 1.165) is 6.42 Å². The van der Waals surface area contributed by atoms with Crippen molar-refractivity contribution in [3.63, 3.8) is 0 Å². The van der Waals surface area contributed by atoms with Gasteiger partial charge in [0.15, 0.2) is 6.20 Å². The number of nitrogens with zero attached hydrogens (tertiary/aromatic N) is 2. The molecular weight excluding hydrogens is 348 g/mol. The molecule has 0 radical (unpaired) electrons. The zero-order valence-electron chi connectivity index (χ0n) is 16.6. The third-order valence-corrected chi connectivity index (χ3v) is 6.86. The van der Waals surface area contributed by atoms with Gasteiger partial charge in [0.1, 0.15) is 7.05 Å². The summed E-state index contributed by atoms with van der Waals surface area (Å²) in [6.45, 7) is 6.87. The molecule has 0 saturated heterocycles. The van der Waals surface area contributed by atoms with Crippen LogP contribution in [0.5, 0.6) is 0 Å². The number of hydrogen-bond acceptors (Lipinski definition) is 1. The van der Waals surface area contributed by atoms with Crippen LogP contribution in [0.1, 0.15) is 25.0 Å². The Morgan fingerprint density at radius 1 is 1.07 bits per heavy atom. The first-order valence-corrected chi connectivity index (χ1v) is 10.5. The van der Waals surface area contributed by atoms with Crippen LogP contribution in [0.4, 0.5) is 0 Å². The molecule has 2 aromatic carbocycles. The highest BCUT2D eigenvalue weighted by molar-refractivity contribution is 7.25. The van der Waals surface area contributed by atoms with E-state index < -0.39 is 0 Å². The van der Waals surface area contributed by atoms with Crippen LogP contribution in [-0.2, 0) is 20.5 Å². The molecule has 0 saturated carbocycles. The zero-order chi connectivity index (χ0) is 18.9. The Bertz CT molecular complexity index is 1350. The molecule has 5 rings (SSSR count). The molecule has 0 fully saturated rings. The second-order valence-electron chi connectivity index (χ2n) is 8.27. The number of benzene rings is 2. The first-order chi connectivity index (χ1) is 12.9. The zero-order valence-corrected chi connectivity index (χ0v) is 17.4. The lowest BCUT2D eigenvalue weighted by Crippen LogP contribution is -2.24. The first-order valence-electron chi connectivity index (χ1n) is 9.66. The summed E-state index contributed by atoms with van der Waals surface area (Å²) in [5.74, 6) is 0.667. The highest BCUT2D eigenvalue weighted by Gasteiger charge is 2.18. The van der Waals surface area contributed by atoms with Gasteiger partial charge < -0.3 is 4.57 Å². The van der Waals surface area contributed by atoms with Crippen molar-refractivity contribution in [3.05, 3.63) is 53.9 Å². The second-order valence-corrected chi connectivity index (χ2v) is 9.35. The molecule has 3 heteroatoms. The lowest BCUT2D eigenvalue weighted by molar-refractivity contribution is -0.642. The summed E-state index contributed by atoms with van der Waals surface area (Å²) in [7, 11) is 4.31. The van der Waals surface area contributed by atoms with Crippen molar-refractivity contribution in [1.82, 2.24) is 4.57 Å². The largest absolute Gasteiger partial charge is 0.350 e. The van der Waals surface area contributed by atoms with Crippen LogP contribution in [0, 0.1) is 12.8 Å². The molecule has 0 N–H and O–H groups in total. The Balaban J connectivity index is 2.02. The fraction of sp³-hybridized carbons (Fsp3) is 0.292. The van der Waals surface area contributed by atoms with Crippen molar-refractivity contribution in [3.8, 4) is 0 Å². The number of rotatable bonds is 2. The minimum atomic E-state index is 0.667. The molecule has 2 nitrogen and oxygen atoms in total. The van der Waals surface area contributed by atoms with E-state index in [0.29, 0.717) is 5.92 Å². The maximum Gasteiger partial charge on any atom is 0.214 e. The maximum atomic E-state index is 2.42. The van der Waals surface area contributed by atoms with Gasteiger partial charge in [-0.15, -0.1) is 11.3 Å². The van der Waals surface area contributed by atoms with Gasteiger partial charge in [-0.25, -0.2) is 4.57 Å². The van der Waals surface area contributed by atoms with E-state index in [9.17, 15) is 0 Å². The van der Waals surface area contributed by atoms with Crippen LogP contribution < -0.4 is 4.57 Å². The SMILES string of the molecule is Cc1c2cc[n+](C)c2cc2sc3cc(CC(C)C)cc4ccn(C)c(c12)c43. The van der Waals surface area contributed by atoms with Crippen LogP contribution in [0.3, 0.4) is 0 Å². The van der Waals surface area contributed by atoms with Gasteiger partial charge in [0.25, 0.3) is 0 Å². The summed E-state index contributed by atoms with van der Waals surface area (Å²) < 4.78 is 7.30. The number of pyridine rings is 1. The van der Waals surface area contributed by atoms with Gasteiger partial charge in [-0.3, -0.25) is 0 Å². The molecule has 0 aliphatic rings. The van der Waals surface area contributed by atoms with Crippen LogP contribution >= 0.6 is 11.3 Å². The van der Waals surface area contributed by atoms with E-state index in [4.69, 9.17) is 0 Å². The number of aryl methyl sites for hydroxylation is 3. The Hall–Kier alpha value is -2.39. The first kappa shape index (κ1) is 16.8. The van der Waals surface area contributed by atoms with Gasteiger partial charge in [0, 0.05) is 45.5 Å². The highest BCUT2D eigenvalue weighted by atomic mass is 32.1. The van der Waals surface area contributed by atoms with Crippen LogP contribution in [0.15, 0.2) is 42.7 Å². The van der Waals surface area contributed by atoms with Gasteiger partial charge in [0.2, 0.25) is 5.52 Å². The molecule has 0 bridgehead atoms. The molecule has 136 valence electrons. The molecule has 0 unspecified atom stereocenters. The van der Waals surface area contributed by atoms with E-state index in [1.165, 1.54) is 53.1 Å². The molecule has 0 aliphatic carbocycles. The van der Waals surface area contributed by atoms with E-state index in [2.05, 4.69) is 86.7 Å². The number of fused-ring (bicyclic) bond motifs is 3. The van der Waals surface area contributed by atoms with Crippen LogP contribution in [0.25, 0.3) is 42.0 Å². The van der Waals surface area contributed by atoms with Gasteiger partial charge in [0.05, 0.1) is 10.9 Å². The van der Waals surface area contributed by atoms with E-state index in [1.54, 1.807) is 0 Å². The highest BCUT2D eigenvalue weighted by Crippen LogP contribution is 2.41. The average Bonchev–Trinajstić information content (AvgIpc) is 2.98. The molecular formula is C24H25N2S+. The third kappa shape index (κ3) is 2.41. The minimum Gasteiger partial charge on any atom is -0.350 e. The standard InChI is InChI=1S/C24H25N2S/c1-14(2)10-16-11-17-6-8-26(5)24-22-15(3)18-7-9-25(4)19(18)13-21(22)27-20(12-16)23(17)24/h6-9,11-14H,10H2,1-5H3/q+1. The lowest BCUT2D eigenvalue weighted by atomic mass is 9.98. The van der Waals surface area contributed by atoms with Crippen molar-refractivity contribution in [2.24, 2.45) is 20.0 Å². The Labute approximate surface area is 163 Å². The molecule has 3 aromatic heterocycles. The fourth-order valence-electron chi connectivity index (χ4n) is 4.54. The van der Waals surface area contributed by atoms with E-state index >= 15 is 0 Å². The van der Waals surface area contributed by atoms with Crippen molar-refractivity contribution in [2.75, 3.05) is 0 Å². The van der Waals surface area contributed by atoms with Crippen molar-refractivity contribution >= 4 is 53.3 Å². The van der Waals surface area contributed by atoms with Crippen LogP contribution in [-0.4, -0.2) is 4.57 Å². The summed E-state index contributed by atoms with van der Waals surface area (Å²) >= 11 is 1.94. The van der Waals surface area contributed by atoms with Gasteiger partial charge in [-0.1, -0.05) is 19.9 Å². The third-order valence-electron chi connectivity index (χ3n) is 5.77. The smallest absolute Gasteiger partial charge is 0.214 e. The second kappa shape index (κ2) is 5.80. The summed E-state index contributed by atoms with van der Waals surface area (Å²) in [4.78, 5) is 0. The summed E-state index contributed by atoms with van der Waals surface area (Å²) in [5.41, 5.74) is 5.50. The summed E-state index contributed by atoms with van der Waals surface area (Å²) in [6.07, 6.45) is 5.51. The quantitative estimate of drug-likeness (QED) is 0.203. The maximum absolute atomic E-state index is 2.42. The fourth-order valence-corrected chi connectivity index (χ4v) is 5.83. The Kier molecular flexibility index (Phi) is 3.60. The molecule has 27 heavy (non-hydrogen) atoms. The molecule has 3 heterocycles. The van der Waals surface area contributed by atoms with Crippen LogP contribution in [0.2, 0.25) is 0 Å². The molecule has 0 atom stereocenters. The van der Waals surface area contributed by atoms with Crippen molar-refractivity contribution in [1.29, 1.82) is 0 Å². The normalized spacial score (nSPS) is 12.4. The van der Waals surface area contributed by atoms with E-state index in [-0.39, 0.29) is 0 Å².